The summed E-state index contributed by atoms with van der Waals surface area (Å²) in [5.41, 5.74) is 0.138. The summed E-state index contributed by atoms with van der Waals surface area (Å²) in [5.74, 6) is 0. The van der Waals surface area contributed by atoms with E-state index in [2.05, 4.69) is 4.98 Å². The third-order valence-corrected chi connectivity index (χ3v) is 4.34. The van der Waals surface area contributed by atoms with Gasteiger partial charge in [-0.3, -0.25) is 0 Å². The highest BCUT2D eigenvalue weighted by Gasteiger charge is 2.39. The van der Waals surface area contributed by atoms with Gasteiger partial charge in [-0.1, -0.05) is 0 Å². The van der Waals surface area contributed by atoms with Crippen LogP contribution in [-0.2, 0) is 9.84 Å². The number of hydrogen-bond acceptors (Lipinski definition) is 4. The first-order valence-electron chi connectivity index (χ1n) is 4.25. The SMILES string of the molecule is N#Cc1cccnc1S(=O)(=O)C1CC1. The van der Waals surface area contributed by atoms with Crippen LogP contribution in [0.5, 0.6) is 0 Å². The van der Waals surface area contributed by atoms with E-state index >= 15 is 0 Å². The van der Waals surface area contributed by atoms with E-state index in [-0.39, 0.29) is 15.8 Å². The fraction of sp³-hybridized carbons (Fsp3) is 0.333. The first-order valence-corrected chi connectivity index (χ1v) is 5.80. The summed E-state index contributed by atoms with van der Waals surface area (Å²) in [6.07, 6.45) is 2.77. The number of sulfone groups is 1. The lowest BCUT2D eigenvalue weighted by Crippen LogP contribution is -2.10. The molecule has 0 spiro atoms. The largest absolute Gasteiger partial charge is 0.243 e. The van der Waals surface area contributed by atoms with Crippen LogP contribution in [-0.4, -0.2) is 18.7 Å². The molecular weight excluding hydrogens is 200 g/mol. The number of nitrogens with zero attached hydrogens (tertiary/aromatic N) is 2. The highest BCUT2D eigenvalue weighted by molar-refractivity contribution is 7.92. The van der Waals surface area contributed by atoms with Crippen molar-refractivity contribution in [2.75, 3.05) is 0 Å². The molecule has 1 saturated carbocycles. The van der Waals surface area contributed by atoms with Gasteiger partial charge in [0.15, 0.2) is 14.9 Å². The summed E-state index contributed by atoms with van der Waals surface area (Å²) in [4.78, 5) is 3.77. The van der Waals surface area contributed by atoms with Crippen molar-refractivity contribution < 1.29 is 8.42 Å². The van der Waals surface area contributed by atoms with E-state index in [0.29, 0.717) is 12.8 Å². The fourth-order valence-corrected chi connectivity index (χ4v) is 2.94. The summed E-state index contributed by atoms with van der Waals surface area (Å²) < 4.78 is 23.5. The molecule has 0 bridgehead atoms. The molecule has 0 radical (unpaired) electrons. The molecule has 4 nitrogen and oxygen atoms in total. The van der Waals surface area contributed by atoms with Gasteiger partial charge in [-0.05, 0) is 25.0 Å². The zero-order valence-electron chi connectivity index (χ0n) is 7.34. The normalized spacial score (nSPS) is 16.2. The van der Waals surface area contributed by atoms with Crippen LogP contribution in [0.15, 0.2) is 23.4 Å². The molecule has 5 heteroatoms. The molecule has 1 aliphatic rings. The zero-order chi connectivity index (χ0) is 10.2. The highest BCUT2D eigenvalue weighted by atomic mass is 32.2. The number of pyridine rings is 1. The van der Waals surface area contributed by atoms with Gasteiger partial charge in [-0.2, -0.15) is 5.26 Å². The van der Waals surface area contributed by atoms with Gasteiger partial charge in [0.05, 0.1) is 10.8 Å². The monoisotopic (exact) mass is 208 g/mol. The van der Waals surface area contributed by atoms with E-state index < -0.39 is 9.84 Å². The summed E-state index contributed by atoms with van der Waals surface area (Å²) in [7, 11) is -3.34. The van der Waals surface area contributed by atoms with Crippen molar-refractivity contribution >= 4 is 9.84 Å². The van der Waals surface area contributed by atoms with Gasteiger partial charge in [0.2, 0.25) is 0 Å². The lowest BCUT2D eigenvalue weighted by molar-refractivity contribution is 0.590. The van der Waals surface area contributed by atoms with E-state index in [9.17, 15) is 8.42 Å². The Kier molecular flexibility index (Phi) is 2.01. The molecule has 2 rings (SSSR count). The van der Waals surface area contributed by atoms with Crippen molar-refractivity contribution in [1.82, 2.24) is 4.98 Å². The standard InChI is InChI=1S/C9H8N2O2S/c10-6-7-2-1-5-11-9(7)14(12,13)8-3-4-8/h1-2,5,8H,3-4H2. The third-order valence-electron chi connectivity index (χ3n) is 2.12. The Morgan fingerprint density at radius 3 is 2.79 bits per heavy atom. The Bertz CT molecular complexity index is 498. The Morgan fingerprint density at radius 2 is 2.21 bits per heavy atom. The van der Waals surface area contributed by atoms with Crippen molar-refractivity contribution in [2.45, 2.75) is 23.1 Å². The predicted molar refractivity (Wildman–Crippen MR) is 49.2 cm³/mol. The first-order chi connectivity index (χ1) is 6.66. The van der Waals surface area contributed by atoms with E-state index in [0.717, 1.165) is 0 Å². The van der Waals surface area contributed by atoms with Crippen LogP contribution in [0.3, 0.4) is 0 Å². The minimum absolute atomic E-state index is 0.0648. The minimum atomic E-state index is -3.34. The van der Waals surface area contributed by atoms with Crippen LogP contribution < -0.4 is 0 Å². The third kappa shape index (κ3) is 1.38. The zero-order valence-corrected chi connectivity index (χ0v) is 8.16. The van der Waals surface area contributed by atoms with Crippen molar-refractivity contribution in [3.8, 4) is 6.07 Å². The van der Waals surface area contributed by atoms with Crippen molar-refractivity contribution in [3.05, 3.63) is 23.9 Å². The van der Waals surface area contributed by atoms with E-state index in [1.165, 1.54) is 12.3 Å². The van der Waals surface area contributed by atoms with Gasteiger partial charge >= 0.3 is 0 Å². The van der Waals surface area contributed by atoms with Crippen LogP contribution in [0.1, 0.15) is 18.4 Å². The van der Waals surface area contributed by atoms with Gasteiger partial charge in [0.25, 0.3) is 0 Å². The van der Waals surface area contributed by atoms with E-state index in [1.54, 1.807) is 6.07 Å². The topological polar surface area (TPSA) is 70.8 Å². The second kappa shape index (κ2) is 3.07. The molecule has 14 heavy (non-hydrogen) atoms. The number of hydrogen-bond donors (Lipinski definition) is 0. The molecule has 0 saturated heterocycles. The van der Waals surface area contributed by atoms with Crippen molar-refractivity contribution in [1.29, 1.82) is 5.26 Å². The maximum atomic E-state index is 11.8. The summed E-state index contributed by atoms with van der Waals surface area (Å²) in [6.45, 7) is 0. The maximum absolute atomic E-state index is 11.8. The molecule has 0 N–H and O–H groups in total. The van der Waals surface area contributed by atoms with Crippen molar-refractivity contribution in [3.63, 3.8) is 0 Å². The van der Waals surface area contributed by atoms with Gasteiger partial charge in [-0.15, -0.1) is 0 Å². The molecular formula is C9H8N2O2S. The van der Waals surface area contributed by atoms with Crippen LogP contribution in [0, 0.1) is 11.3 Å². The molecule has 0 amide bonds. The lowest BCUT2D eigenvalue weighted by Gasteiger charge is -2.01. The molecule has 1 fully saturated rings. The number of aromatic nitrogens is 1. The molecule has 0 aliphatic heterocycles. The van der Waals surface area contributed by atoms with Crippen LogP contribution in [0.4, 0.5) is 0 Å². The minimum Gasteiger partial charge on any atom is -0.243 e. The molecule has 1 heterocycles. The Labute approximate surface area is 82.1 Å². The summed E-state index contributed by atoms with van der Waals surface area (Å²) in [5, 5.41) is 8.35. The molecule has 0 atom stereocenters. The number of rotatable bonds is 2. The number of nitriles is 1. The van der Waals surface area contributed by atoms with Gasteiger partial charge in [-0.25, -0.2) is 13.4 Å². The quantitative estimate of drug-likeness (QED) is 0.723. The van der Waals surface area contributed by atoms with E-state index in [4.69, 9.17) is 5.26 Å². The Hall–Kier alpha value is -1.41. The molecule has 1 aromatic heterocycles. The molecule has 1 aromatic rings. The fourth-order valence-electron chi connectivity index (χ4n) is 1.24. The van der Waals surface area contributed by atoms with Gasteiger partial charge < -0.3 is 0 Å². The molecule has 1 aliphatic carbocycles. The maximum Gasteiger partial charge on any atom is 0.199 e. The Morgan fingerprint density at radius 1 is 1.50 bits per heavy atom. The van der Waals surface area contributed by atoms with Crippen molar-refractivity contribution in [2.24, 2.45) is 0 Å². The Balaban J connectivity index is 2.56. The average Bonchev–Trinajstić information content (AvgIpc) is 3.01. The van der Waals surface area contributed by atoms with Crippen LogP contribution in [0.2, 0.25) is 0 Å². The van der Waals surface area contributed by atoms with Crippen LogP contribution in [0.25, 0.3) is 0 Å². The van der Waals surface area contributed by atoms with E-state index in [1.807, 2.05) is 6.07 Å². The first kappa shape index (κ1) is 9.16. The van der Waals surface area contributed by atoms with Gasteiger partial charge in [0.1, 0.15) is 6.07 Å². The summed E-state index contributed by atoms with van der Waals surface area (Å²) >= 11 is 0. The highest BCUT2D eigenvalue weighted by Crippen LogP contribution is 2.33. The second-order valence-electron chi connectivity index (χ2n) is 3.21. The van der Waals surface area contributed by atoms with Crippen LogP contribution >= 0.6 is 0 Å². The molecule has 0 unspecified atom stereocenters. The van der Waals surface area contributed by atoms with Gasteiger partial charge in [0, 0.05) is 6.20 Å². The lowest BCUT2D eigenvalue weighted by atomic mass is 10.3. The molecule has 72 valence electrons. The predicted octanol–water partition coefficient (Wildman–Crippen LogP) is 0.889. The smallest absolute Gasteiger partial charge is 0.199 e. The second-order valence-corrected chi connectivity index (χ2v) is 5.36. The average molecular weight is 208 g/mol. The molecule has 0 aromatic carbocycles. The summed E-state index contributed by atoms with van der Waals surface area (Å²) in [6, 6.07) is 4.88.